The molecule has 0 saturated carbocycles. The summed E-state index contributed by atoms with van der Waals surface area (Å²) in [5.74, 6) is 0.228. The zero-order valence-electron chi connectivity index (χ0n) is 13.7. The molecule has 1 aromatic heterocycles. The molecule has 1 N–H and O–H groups in total. The van der Waals surface area contributed by atoms with Gasteiger partial charge in [0.2, 0.25) is 5.91 Å². The van der Waals surface area contributed by atoms with Crippen LogP contribution in [-0.2, 0) is 31.0 Å². The van der Waals surface area contributed by atoms with E-state index in [1.165, 1.54) is 5.56 Å². The molecule has 24 heavy (non-hydrogen) atoms. The smallest absolute Gasteiger partial charge is 0.227 e. The van der Waals surface area contributed by atoms with E-state index in [4.69, 9.17) is 0 Å². The molecule has 0 spiro atoms. The van der Waals surface area contributed by atoms with E-state index >= 15 is 0 Å². The Bertz CT molecular complexity index is 738. The number of aliphatic hydroxyl groups excluding tert-OH is 1. The Labute approximate surface area is 141 Å². The van der Waals surface area contributed by atoms with Gasteiger partial charge in [-0.15, -0.1) is 0 Å². The first-order valence-electron chi connectivity index (χ1n) is 8.51. The van der Waals surface area contributed by atoms with E-state index in [9.17, 15) is 9.90 Å². The number of rotatable bonds is 4. The Kier molecular flexibility index (Phi) is 4.08. The fraction of sp³-hybridized carbons (Fsp3) is 0.444. The second kappa shape index (κ2) is 6.37. The third-order valence-corrected chi connectivity index (χ3v) is 4.82. The van der Waals surface area contributed by atoms with E-state index in [0.717, 1.165) is 56.2 Å². The number of carbonyl (C=O) groups is 1. The fourth-order valence-corrected chi connectivity index (χ4v) is 3.55. The van der Waals surface area contributed by atoms with Crippen LogP contribution in [0, 0.1) is 0 Å². The molecule has 0 aliphatic carbocycles. The van der Waals surface area contributed by atoms with Crippen molar-refractivity contribution in [2.75, 3.05) is 18.0 Å². The van der Waals surface area contributed by atoms with E-state index < -0.39 is 0 Å². The van der Waals surface area contributed by atoms with Crippen LogP contribution < -0.4 is 4.90 Å². The zero-order chi connectivity index (χ0) is 16.5. The van der Waals surface area contributed by atoms with E-state index in [-0.39, 0.29) is 12.5 Å². The van der Waals surface area contributed by atoms with Gasteiger partial charge in [-0.05, 0) is 30.2 Å². The molecular weight excluding hydrogens is 304 g/mol. The van der Waals surface area contributed by atoms with E-state index in [0.29, 0.717) is 6.42 Å². The maximum atomic E-state index is 11.8. The summed E-state index contributed by atoms with van der Waals surface area (Å²) in [6, 6.07) is 10.3. The molecule has 6 nitrogen and oxygen atoms in total. The standard InChI is InChI=1S/C18H22N4O2/c23-13-15-10-17-12-20(8-9-22(17)19-15)11-14-3-5-16(6-4-14)21-7-1-2-18(21)24/h3-6,10,23H,1-2,7-9,11-13H2. The average molecular weight is 326 g/mol. The molecule has 2 aromatic rings. The molecule has 0 radical (unpaired) electrons. The van der Waals surface area contributed by atoms with Gasteiger partial charge in [0, 0.05) is 38.3 Å². The predicted octanol–water partition coefficient (Wildman–Crippen LogP) is 1.52. The largest absolute Gasteiger partial charge is 0.390 e. The summed E-state index contributed by atoms with van der Waals surface area (Å²) in [5, 5.41) is 13.6. The molecule has 1 amide bonds. The van der Waals surface area contributed by atoms with Crippen LogP contribution in [0.3, 0.4) is 0 Å². The molecule has 6 heteroatoms. The highest BCUT2D eigenvalue weighted by Crippen LogP contribution is 2.23. The minimum atomic E-state index is -0.00329. The van der Waals surface area contributed by atoms with Crippen molar-refractivity contribution in [1.82, 2.24) is 14.7 Å². The molecule has 2 aliphatic heterocycles. The van der Waals surface area contributed by atoms with Crippen LogP contribution in [0.5, 0.6) is 0 Å². The lowest BCUT2D eigenvalue weighted by Crippen LogP contribution is -2.33. The normalized spacial score (nSPS) is 18.2. The summed E-state index contributed by atoms with van der Waals surface area (Å²) < 4.78 is 1.99. The quantitative estimate of drug-likeness (QED) is 0.925. The number of hydrogen-bond donors (Lipinski definition) is 1. The Morgan fingerprint density at radius 3 is 2.67 bits per heavy atom. The van der Waals surface area contributed by atoms with Gasteiger partial charge in [-0.1, -0.05) is 12.1 Å². The minimum Gasteiger partial charge on any atom is -0.390 e. The first-order valence-corrected chi connectivity index (χ1v) is 8.51. The molecule has 1 fully saturated rings. The highest BCUT2D eigenvalue weighted by molar-refractivity contribution is 5.95. The van der Waals surface area contributed by atoms with Gasteiger partial charge in [-0.25, -0.2) is 0 Å². The van der Waals surface area contributed by atoms with E-state index in [1.54, 1.807) is 0 Å². The lowest BCUT2D eigenvalue weighted by molar-refractivity contribution is -0.117. The van der Waals surface area contributed by atoms with Crippen molar-refractivity contribution in [1.29, 1.82) is 0 Å². The molecule has 126 valence electrons. The van der Waals surface area contributed by atoms with Crippen molar-refractivity contribution < 1.29 is 9.90 Å². The Morgan fingerprint density at radius 2 is 1.96 bits per heavy atom. The molecule has 1 saturated heterocycles. The van der Waals surface area contributed by atoms with Gasteiger partial charge in [0.1, 0.15) is 0 Å². The van der Waals surface area contributed by atoms with Crippen LogP contribution in [-0.4, -0.2) is 38.8 Å². The summed E-state index contributed by atoms with van der Waals surface area (Å²) in [6.45, 7) is 4.37. The molecular formula is C18H22N4O2. The number of nitrogens with zero attached hydrogens (tertiary/aromatic N) is 4. The third kappa shape index (κ3) is 2.95. The second-order valence-corrected chi connectivity index (χ2v) is 6.53. The van der Waals surface area contributed by atoms with Crippen LogP contribution in [0.15, 0.2) is 30.3 Å². The molecule has 2 aliphatic rings. The third-order valence-electron chi connectivity index (χ3n) is 4.82. The SMILES string of the molecule is O=C1CCCN1c1ccc(CN2CCn3nc(CO)cc3C2)cc1. The van der Waals surface area contributed by atoms with Gasteiger partial charge < -0.3 is 10.0 Å². The molecule has 0 atom stereocenters. The van der Waals surface area contributed by atoms with Crippen molar-refractivity contribution in [3.63, 3.8) is 0 Å². The van der Waals surface area contributed by atoms with Crippen LogP contribution in [0.4, 0.5) is 5.69 Å². The highest BCUT2D eigenvalue weighted by atomic mass is 16.3. The predicted molar refractivity (Wildman–Crippen MR) is 90.3 cm³/mol. The van der Waals surface area contributed by atoms with Crippen LogP contribution >= 0.6 is 0 Å². The van der Waals surface area contributed by atoms with Crippen molar-refractivity contribution in [2.24, 2.45) is 0 Å². The van der Waals surface area contributed by atoms with Crippen molar-refractivity contribution in [3.05, 3.63) is 47.3 Å². The molecule has 1 aromatic carbocycles. The van der Waals surface area contributed by atoms with Crippen LogP contribution in [0.2, 0.25) is 0 Å². The fourth-order valence-electron chi connectivity index (χ4n) is 3.55. The van der Waals surface area contributed by atoms with Crippen molar-refractivity contribution >= 4 is 11.6 Å². The van der Waals surface area contributed by atoms with Gasteiger partial charge in [0.05, 0.1) is 24.5 Å². The highest BCUT2D eigenvalue weighted by Gasteiger charge is 2.22. The van der Waals surface area contributed by atoms with Crippen LogP contribution in [0.1, 0.15) is 29.8 Å². The molecule has 0 unspecified atom stereocenters. The number of aromatic nitrogens is 2. The summed E-state index contributed by atoms with van der Waals surface area (Å²) in [5.41, 5.74) is 4.15. The average Bonchev–Trinajstić information content (AvgIpc) is 3.21. The lowest BCUT2D eigenvalue weighted by Gasteiger charge is -2.27. The van der Waals surface area contributed by atoms with E-state index in [2.05, 4.69) is 34.3 Å². The first-order chi connectivity index (χ1) is 11.7. The summed E-state index contributed by atoms with van der Waals surface area (Å²) >= 11 is 0. The van der Waals surface area contributed by atoms with Crippen molar-refractivity contribution in [2.45, 2.75) is 39.1 Å². The number of hydrogen-bond acceptors (Lipinski definition) is 4. The van der Waals surface area contributed by atoms with Gasteiger partial charge in [0.15, 0.2) is 0 Å². The summed E-state index contributed by atoms with van der Waals surface area (Å²) in [6.07, 6.45) is 1.62. The maximum Gasteiger partial charge on any atom is 0.227 e. The van der Waals surface area contributed by atoms with Gasteiger partial charge >= 0.3 is 0 Å². The summed E-state index contributed by atoms with van der Waals surface area (Å²) in [7, 11) is 0. The van der Waals surface area contributed by atoms with Crippen molar-refractivity contribution in [3.8, 4) is 0 Å². The lowest BCUT2D eigenvalue weighted by atomic mass is 10.1. The zero-order valence-corrected chi connectivity index (χ0v) is 13.7. The Hall–Kier alpha value is -2.18. The number of fused-ring (bicyclic) bond motifs is 1. The minimum absolute atomic E-state index is 0.00329. The Morgan fingerprint density at radius 1 is 1.12 bits per heavy atom. The topological polar surface area (TPSA) is 61.6 Å². The molecule has 3 heterocycles. The second-order valence-electron chi connectivity index (χ2n) is 6.53. The number of benzene rings is 1. The van der Waals surface area contributed by atoms with Gasteiger partial charge in [-0.2, -0.15) is 5.10 Å². The first kappa shape index (κ1) is 15.4. The van der Waals surface area contributed by atoms with Gasteiger partial charge in [0.25, 0.3) is 0 Å². The number of anilines is 1. The Balaban J connectivity index is 1.41. The van der Waals surface area contributed by atoms with E-state index in [1.807, 2.05) is 15.6 Å². The van der Waals surface area contributed by atoms with Gasteiger partial charge in [-0.3, -0.25) is 14.4 Å². The molecule has 4 rings (SSSR count). The molecule has 0 bridgehead atoms. The maximum absolute atomic E-state index is 11.8. The number of amides is 1. The van der Waals surface area contributed by atoms with Crippen LogP contribution in [0.25, 0.3) is 0 Å². The number of aliphatic hydroxyl groups is 1. The number of carbonyl (C=O) groups excluding carboxylic acids is 1. The summed E-state index contributed by atoms with van der Waals surface area (Å²) in [4.78, 5) is 16.1. The monoisotopic (exact) mass is 326 g/mol.